The summed E-state index contributed by atoms with van der Waals surface area (Å²) in [4.78, 5) is 16.1. The van der Waals surface area contributed by atoms with E-state index in [0.29, 0.717) is 5.02 Å². The number of carbonyl (C=O) groups excluding carboxylic acids is 1. The van der Waals surface area contributed by atoms with Crippen molar-refractivity contribution in [2.24, 2.45) is 0 Å². The van der Waals surface area contributed by atoms with Gasteiger partial charge in [0.25, 0.3) is 0 Å². The van der Waals surface area contributed by atoms with Crippen LogP contribution in [0.25, 0.3) is 22.0 Å². The van der Waals surface area contributed by atoms with Crippen molar-refractivity contribution in [3.63, 3.8) is 0 Å². The molecule has 0 atom stereocenters. The molecule has 3 aromatic rings. The van der Waals surface area contributed by atoms with Crippen molar-refractivity contribution >= 4 is 28.3 Å². The number of fused-ring (bicyclic) bond motifs is 1. The molecule has 0 spiro atoms. The number of carbonyl (C=O) groups is 1. The first-order chi connectivity index (χ1) is 10.7. The van der Waals surface area contributed by atoms with E-state index in [2.05, 4.69) is 4.98 Å². The Labute approximate surface area is 133 Å². The summed E-state index contributed by atoms with van der Waals surface area (Å²) in [6.45, 7) is 0. The van der Waals surface area contributed by atoms with E-state index in [-0.39, 0.29) is 12.4 Å². The standard InChI is InChI=1S/C18H14ClNO2/c1-22-17(21)11-13-3-2-4-16-15(13)9-10-20-18(16)12-5-7-14(19)8-6-12/h2-10H,11H2,1H3. The van der Waals surface area contributed by atoms with E-state index in [1.165, 1.54) is 7.11 Å². The van der Waals surface area contributed by atoms with Gasteiger partial charge < -0.3 is 4.74 Å². The lowest BCUT2D eigenvalue weighted by atomic mass is 9.99. The number of methoxy groups -OCH3 is 1. The minimum Gasteiger partial charge on any atom is -0.469 e. The Balaban J connectivity index is 2.15. The van der Waals surface area contributed by atoms with Crippen molar-refractivity contribution < 1.29 is 9.53 Å². The molecule has 0 amide bonds. The minimum atomic E-state index is -0.252. The quantitative estimate of drug-likeness (QED) is 0.678. The van der Waals surface area contributed by atoms with Crippen LogP contribution in [0.5, 0.6) is 0 Å². The summed E-state index contributed by atoms with van der Waals surface area (Å²) in [5.74, 6) is -0.252. The van der Waals surface area contributed by atoms with Gasteiger partial charge in [-0.15, -0.1) is 0 Å². The topological polar surface area (TPSA) is 39.2 Å². The number of hydrogen-bond donors (Lipinski definition) is 0. The molecule has 0 aliphatic carbocycles. The average molecular weight is 312 g/mol. The first kappa shape index (κ1) is 14.5. The van der Waals surface area contributed by atoms with Gasteiger partial charge in [0.1, 0.15) is 0 Å². The zero-order valence-electron chi connectivity index (χ0n) is 12.0. The second-order valence-corrected chi connectivity index (χ2v) is 5.37. The summed E-state index contributed by atoms with van der Waals surface area (Å²) in [6, 6.07) is 15.4. The lowest BCUT2D eigenvalue weighted by Gasteiger charge is -2.09. The molecule has 110 valence electrons. The summed E-state index contributed by atoms with van der Waals surface area (Å²) in [7, 11) is 1.40. The number of ether oxygens (including phenoxy) is 1. The number of esters is 1. The minimum absolute atomic E-state index is 0.248. The van der Waals surface area contributed by atoms with Gasteiger partial charge in [-0.1, -0.05) is 41.9 Å². The molecule has 3 rings (SSSR count). The zero-order chi connectivity index (χ0) is 15.5. The molecule has 0 radical (unpaired) electrons. The fraction of sp³-hybridized carbons (Fsp3) is 0.111. The normalized spacial score (nSPS) is 10.6. The van der Waals surface area contributed by atoms with Crippen molar-refractivity contribution in [3.8, 4) is 11.3 Å². The lowest BCUT2D eigenvalue weighted by molar-refractivity contribution is -0.139. The number of benzene rings is 2. The van der Waals surface area contributed by atoms with Crippen molar-refractivity contribution in [1.82, 2.24) is 4.98 Å². The predicted molar refractivity (Wildman–Crippen MR) is 87.9 cm³/mol. The van der Waals surface area contributed by atoms with Crippen molar-refractivity contribution in [3.05, 3.63) is 65.3 Å². The van der Waals surface area contributed by atoms with E-state index >= 15 is 0 Å². The Morgan fingerprint density at radius 2 is 1.86 bits per heavy atom. The number of halogens is 1. The Morgan fingerprint density at radius 3 is 2.59 bits per heavy atom. The van der Waals surface area contributed by atoms with Crippen LogP contribution in [-0.2, 0) is 16.0 Å². The molecular weight excluding hydrogens is 298 g/mol. The highest BCUT2D eigenvalue weighted by Gasteiger charge is 2.10. The van der Waals surface area contributed by atoms with Gasteiger partial charge >= 0.3 is 5.97 Å². The van der Waals surface area contributed by atoms with Gasteiger partial charge in [-0.25, -0.2) is 0 Å². The van der Waals surface area contributed by atoms with Crippen LogP contribution in [0.15, 0.2) is 54.7 Å². The Hall–Kier alpha value is -2.39. The monoisotopic (exact) mass is 311 g/mol. The second-order valence-electron chi connectivity index (χ2n) is 4.93. The number of hydrogen-bond acceptors (Lipinski definition) is 3. The Morgan fingerprint density at radius 1 is 1.09 bits per heavy atom. The summed E-state index contributed by atoms with van der Waals surface area (Å²) in [5.41, 5.74) is 2.80. The average Bonchev–Trinajstić information content (AvgIpc) is 2.55. The van der Waals surface area contributed by atoms with Gasteiger partial charge in [0.15, 0.2) is 0 Å². The van der Waals surface area contributed by atoms with Gasteiger partial charge in [-0.2, -0.15) is 0 Å². The largest absolute Gasteiger partial charge is 0.469 e. The third kappa shape index (κ3) is 2.81. The van der Waals surface area contributed by atoms with Crippen LogP contribution >= 0.6 is 11.6 Å². The highest BCUT2D eigenvalue weighted by molar-refractivity contribution is 6.30. The SMILES string of the molecule is COC(=O)Cc1cccc2c(-c3ccc(Cl)cc3)nccc12. The first-order valence-corrected chi connectivity index (χ1v) is 7.26. The zero-order valence-corrected chi connectivity index (χ0v) is 12.8. The summed E-state index contributed by atoms with van der Waals surface area (Å²) >= 11 is 5.94. The molecule has 2 aromatic carbocycles. The van der Waals surface area contributed by atoms with Gasteiger partial charge in [0.2, 0.25) is 0 Å². The third-order valence-electron chi connectivity index (χ3n) is 3.58. The Bertz CT molecular complexity index is 828. The molecule has 4 heteroatoms. The molecule has 0 saturated carbocycles. The van der Waals surface area contributed by atoms with Gasteiger partial charge in [-0.3, -0.25) is 9.78 Å². The van der Waals surface area contributed by atoms with Crippen molar-refractivity contribution in [1.29, 1.82) is 0 Å². The van der Waals surface area contributed by atoms with Crippen LogP contribution in [0.2, 0.25) is 5.02 Å². The molecule has 3 nitrogen and oxygen atoms in total. The molecule has 22 heavy (non-hydrogen) atoms. The van der Waals surface area contributed by atoms with Gasteiger partial charge in [-0.05, 0) is 29.1 Å². The van der Waals surface area contributed by atoms with Crippen LogP contribution in [0.1, 0.15) is 5.56 Å². The molecular formula is C18H14ClNO2. The van der Waals surface area contributed by atoms with Crippen LogP contribution in [0.4, 0.5) is 0 Å². The molecule has 0 bridgehead atoms. The highest BCUT2D eigenvalue weighted by atomic mass is 35.5. The third-order valence-corrected chi connectivity index (χ3v) is 3.83. The molecule has 0 aliphatic rings. The maximum atomic E-state index is 11.6. The van der Waals surface area contributed by atoms with Crippen molar-refractivity contribution in [2.45, 2.75) is 6.42 Å². The van der Waals surface area contributed by atoms with Crippen LogP contribution in [0.3, 0.4) is 0 Å². The van der Waals surface area contributed by atoms with E-state index in [9.17, 15) is 4.79 Å². The molecule has 0 fully saturated rings. The smallest absolute Gasteiger partial charge is 0.309 e. The Kier molecular flexibility index (Phi) is 4.07. The van der Waals surface area contributed by atoms with E-state index in [1.807, 2.05) is 48.5 Å². The van der Waals surface area contributed by atoms with Gasteiger partial charge in [0.05, 0.1) is 19.2 Å². The number of pyridine rings is 1. The van der Waals surface area contributed by atoms with E-state index in [0.717, 1.165) is 27.6 Å². The molecule has 1 heterocycles. The van der Waals surface area contributed by atoms with E-state index < -0.39 is 0 Å². The molecule has 0 saturated heterocycles. The number of aromatic nitrogens is 1. The number of nitrogens with zero attached hydrogens (tertiary/aromatic N) is 1. The predicted octanol–water partition coefficient (Wildman–Crippen LogP) is 4.27. The molecule has 1 aromatic heterocycles. The fourth-order valence-electron chi connectivity index (χ4n) is 2.49. The van der Waals surface area contributed by atoms with Crippen LogP contribution in [-0.4, -0.2) is 18.1 Å². The molecule has 0 N–H and O–H groups in total. The maximum absolute atomic E-state index is 11.6. The first-order valence-electron chi connectivity index (χ1n) is 6.88. The second kappa shape index (κ2) is 6.16. The van der Waals surface area contributed by atoms with E-state index in [1.54, 1.807) is 6.20 Å². The molecule has 0 aliphatic heterocycles. The summed E-state index contributed by atoms with van der Waals surface area (Å²) in [5, 5.41) is 2.70. The fourth-order valence-corrected chi connectivity index (χ4v) is 2.62. The maximum Gasteiger partial charge on any atom is 0.309 e. The highest BCUT2D eigenvalue weighted by Crippen LogP contribution is 2.29. The van der Waals surface area contributed by atoms with E-state index in [4.69, 9.17) is 16.3 Å². The van der Waals surface area contributed by atoms with Crippen molar-refractivity contribution in [2.75, 3.05) is 7.11 Å². The summed E-state index contributed by atoms with van der Waals surface area (Å²) < 4.78 is 4.76. The summed E-state index contributed by atoms with van der Waals surface area (Å²) in [6.07, 6.45) is 2.00. The van der Waals surface area contributed by atoms with Gasteiger partial charge in [0, 0.05) is 22.2 Å². The van der Waals surface area contributed by atoms with Crippen LogP contribution in [0, 0.1) is 0 Å². The molecule has 0 unspecified atom stereocenters. The number of rotatable bonds is 3. The van der Waals surface area contributed by atoms with Crippen LogP contribution < -0.4 is 0 Å². The lowest BCUT2D eigenvalue weighted by Crippen LogP contribution is -2.05.